The van der Waals surface area contributed by atoms with Crippen molar-refractivity contribution in [2.45, 2.75) is 26.3 Å². The molecular formula is C17H19N3O. The molecule has 0 radical (unpaired) electrons. The Labute approximate surface area is 124 Å². The van der Waals surface area contributed by atoms with E-state index < -0.39 is 0 Å². The number of pyridine rings is 1. The number of rotatable bonds is 3. The summed E-state index contributed by atoms with van der Waals surface area (Å²) in [7, 11) is 0. The quantitative estimate of drug-likeness (QED) is 0.940. The van der Waals surface area contributed by atoms with Crippen LogP contribution >= 0.6 is 0 Å². The molecule has 1 amide bonds. The highest BCUT2D eigenvalue weighted by atomic mass is 16.2. The fourth-order valence-electron chi connectivity index (χ4n) is 2.66. The van der Waals surface area contributed by atoms with Crippen LogP contribution in [-0.2, 0) is 6.42 Å². The number of carbonyl (C=O) groups is 1. The van der Waals surface area contributed by atoms with Gasteiger partial charge in [0.05, 0.1) is 5.56 Å². The predicted octanol–water partition coefficient (Wildman–Crippen LogP) is 3.10. The van der Waals surface area contributed by atoms with Crippen LogP contribution in [0.25, 0.3) is 0 Å². The number of nitrogens with zero attached hydrogens (tertiary/aromatic N) is 2. The van der Waals surface area contributed by atoms with Crippen LogP contribution in [0.4, 0.5) is 11.5 Å². The fourth-order valence-corrected chi connectivity index (χ4v) is 2.66. The highest BCUT2D eigenvalue weighted by Gasteiger charge is 2.27. The topological polar surface area (TPSA) is 45.2 Å². The second-order valence-corrected chi connectivity index (χ2v) is 5.53. The van der Waals surface area contributed by atoms with Crippen LogP contribution in [0, 0.1) is 0 Å². The van der Waals surface area contributed by atoms with Crippen molar-refractivity contribution in [3.8, 4) is 0 Å². The van der Waals surface area contributed by atoms with Gasteiger partial charge in [-0.2, -0.15) is 0 Å². The smallest absolute Gasteiger partial charge is 0.262 e. The first-order chi connectivity index (χ1) is 10.2. The Morgan fingerprint density at radius 2 is 2.05 bits per heavy atom. The summed E-state index contributed by atoms with van der Waals surface area (Å²) in [4.78, 5) is 19.0. The van der Waals surface area contributed by atoms with Gasteiger partial charge in [-0.3, -0.25) is 4.79 Å². The number of anilines is 2. The van der Waals surface area contributed by atoms with E-state index in [1.807, 2.05) is 43.0 Å². The number of carbonyl (C=O) groups excluding carboxylic acids is 1. The van der Waals surface area contributed by atoms with Gasteiger partial charge in [-0.15, -0.1) is 0 Å². The first-order valence-corrected chi connectivity index (χ1v) is 7.28. The molecule has 1 aromatic carbocycles. The van der Waals surface area contributed by atoms with Crippen LogP contribution in [0.2, 0.25) is 0 Å². The number of para-hydroxylation sites is 1. The molecule has 0 saturated carbocycles. The van der Waals surface area contributed by atoms with E-state index >= 15 is 0 Å². The molecule has 0 aliphatic carbocycles. The van der Waals surface area contributed by atoms with Crippen LogP contribution in [-0.4, -0.2) is 23.5 Å². The van der Waals surface area contributed by atoms with E-state index in [1.54, 1.807) is 12.3 Å². The number of amides is 1. The minimum absolute atomic E-state index is 0.0104. The Morgan fingerprint density at radius 3 is 2.86 bits per heavy atom. The summed E-state index contributed by atoms with van der Waals surface area (Å²) in [5, 5.41) is 3.24. The summed E-state index contributed by atoms with van der Waals surface area (Å²) >= 11 is 0. The van der Waals surface area contributed by atoms with Crippen molar-refractivity contribution in [3.63, 3.8) is 0 Å². The summed E-state index contributed by atoms with van der Waals surface area (Å²) in [6.45, 7) is 4.80. The maximum absolute atomic E-state index is 12.9. The van der Waals surface area contributed by atoms with Gasteiger partial charge < -0.3 is 10.2 Å². The molecule has 0 atom stereocenters. The minimum atomic E-state index is 0.0104. The van der Waals surface area contributed by atoms with Crippen molar-refractivity contribution in [1.29, 1.82) is 0 Å². The van der Waals surface area contributed by atoms with Crippen LogP contribution in [0.3, 0.4) is 0 Å². The van der Waals surface area contributed by atoms with E-state index in [1.165, 1.54) is 5.56 Å². The molecule has 0 unspecified atom stereocenters. The number of hydrogen-bond donors (Lipinski definition) is 1. The molecule has 2 aromatic rings. The molecule has 4 heteroatoms. The molecular weight excluding hydrogens is 262 g/mol. The number of hydrogen-bond acceptors (Lipinski definition) is 3. The van der Waals surface area contributed by atoms with Gasteiger partial charge in [-0.25, -0.2) is 4.98 Å². The lowest BCUT2D eigenvalue weighted by Gasteiger charge is -2.20. The van der Waals surface area contributed by atoms with Gasteiger partial charge in [-0.1, -0.05) is 18.2 Å². The Hall–Kier alpha value is -2.36. The molecule has 108 valence electrons. The second-order valence-electron chi connectivity index (χ2n) is 5.53. The zero-order chi connectivity index (χ0) is 14.8. The number of benzene rings is 1. The van der Waals surface area contributed by atoms with Gasteiger partial charge in [-0.05, 0) is 44.0 Å². The van der Waals surface area contributed by atoms with Crippen molar-refractivity contribution in [2.24, 2.45) is 0 Å². The van der Waals surface area contributed by atoms with Gasteiger partial charge in [0.15, 0.2) is 0 Å². The molecule has 0 bridgehead atoms. The molecule has 3 rings (SSSR count). The van der Waals surface area contributed by atoms with E-state index in [2.05, 4.69) is 16.4 Å². The van der Waals surface area contributed by atoms with E-state index in [4.69, 9.17) is 0 Å². The molecule has 0 fully saturated rings. The van der Waals surface area contributed by atoms with Gasteiger partial charge >= 0.3 is 0 Å². The predicted molar refractivity (Wildman–Crippen MR) is 84.8 cm³/mol. The average Bonchev–Trinajstić information content (AvgIpc) is 2.90. The summed E-state index contributed by atoms with van der Waals surface area (Å²) in [5.41, 5.74) is 2.87. The normalized spacial score (nSPS) is 13.4. The summed E-state index contributed by atoms with van der Waals surface area (Å²) in [6, 6.07) is 12.0. The number of fused-ring (bicyclic) bond motifs is 1. The Balaban J connectivity index is 1.94. The van der Waals surface area contributed by atoms with Gasteiger partial charge in [0.25, 0.3) is 5.91 Å². The molecule has 0 spiro atoms. The van der Waals surface area contributed by atoms with E-state index in [-0.39, 0.29) is 11.9 Å². The number of aromatic nitrogens is 1. The van der Waals surface area contributed by atoms with Crippen molar-refractivity contribution >= 4 is 17.4 Å². The van der Waals surface area contributed by atoms with Crippen molar-refractivity contribution < 1.29 is 4.79 Å². The van der Waals surface area contributed by atoms with Gasteiger partial charge in [0, 0.05) is 24.5 Å². The van der Waals surface area contributed by atoms with Crippen LogP contribution in [0.15, 0.2) is 42.6 Å². The molecule has 1 aliphatic heterocycles. The molecule has 21 heavy (non-hydrogen) atoms. The molecule has 1 aromatic heterocycles. The molecule has 1 N–H and O–H groups in total. The maximum atomic E-state index is 12.9. The molecule has 4 nitrogen and oxygen atoms in total. The second kappa shape index (κ2) is 5.56. The summed E-state index contributed by atoms with van der Waals surface area (Å²) < 4.78 is 0. The Morgan fingerprint density at radius 1 is 1.24 bits per heavy atom. The third-order valence-electron chi connectivity index (χ3n) is 3.60. The van der Waals surface area contributed by atoms with Gasteiger partial charge in [0.2, 0.25) is 0 Å². The SMILES string of the molecule is CC(C)Nc1ncccc1C(=O)N1CCc2ccccc21. The van der Waals surface area contributed by atoms with Crippen LogP contribution in [0.1, 0.15) is 29.8 Å². The summed E-state index contributed by atoms with van der Waals surface area (Å²) in [6.07, 6.45) is 2.62. The minimum Gasteiger partial charge on any atom is -0.367 e. The maximum Gasteiger partial charge on any atom is 0.262 e. The number of nitrogens with one attached hydrogen (secondary N) is 1. The lowest BCUT2D eigenvalue weighted by Crippen LogP contribution is -2.30. The molecule has 0 saturated heterocycles. The van der Waals surface area contributed by atoms with Crippen LogP contribution < -0.4 is 10.2 Å². The highest BCUT2D eigenvalue weighted by molar-refractivity contribution is 6.10. The lowest BCUT2D eigenvalue weighted by molar-refractivity contribution is 0.0990. The first kappa shape index (κ1) is 13.6. The van der Waals surface area contributed by atoms with Crippen LogP contribution in [0.5, 0.6) is 0 Å². The standard InChI is InChI=1S/C17H19N3O/c1-12(2)19-16-14(7-5-10-18-16)17(21)20-11-9-13-6-3-4-8-15(13)20/h3-8,10,12H,9,11H2,1-2H3,(H,18,19). The monoisotopic (exact) mass is 281 g/mol. The fraction of sp³-hybridized carbons (Fsp3) is 0.294. The van der Waals surface area contributed by atoms with Gasteiger partial charge in [0.1, 0.15) is 5.82 Å². The van der Waals surface area contributed by atoms with Crippen molar-refractivity contribution in [2.75, 3.05) is 16.8 Å². The third-order valence-corrected chi connectivity index (χ3v) is 3.60. The zero-order valence-corrected chi connectivity index (χ0v) is 12.3. The largest absolute Gasteiger partial charge is 0.367 e. The summed E-state index contributed by atoms with van der Waals surface area (Å²) in [5.74, 6) is 0.665. The average molecular weight is 281 g/mol. The third kappa shape index (κ3) is 2.61. The van der Waals surface area contributed by atoms with E-state index in [0.717, 1.165) is 18.7 Å². The van der Waals surface area contributed by atoms with E-state index in [0.29, 0.717) is 11.4 Å². The lowest BCUT2D eigenvalue weighted by atomic mass is 10.1. The van der Waals surface area contributed by atoms with Crippen molar-refractivity contribution in [1.82, 2.24) is 4.98 Å². The Bertz CT molecular complexity index is 667. The van der Waals surface area contributed by atoms with E-state index in [9.17, 15) is 4.79 Å². The zero-order valence-electron chi connectivity index (χ0n) is 12.3. The molecule has 1 aliphatic rings. The van der Waals surface area contributed by atoms with Crippen molar-refractivity contribution in [3.05, 3.63) is 53.7 Å². The molecule has 2 heterocycles. The Kier molecular flexibility index (Phi) is 3.60. The first-order valence-electron chi connectivity index (χ1n) is 7.28. The highest BCUT2D eigenvalue weighted by Crippen LogP contribution is 2.29.